The molecule has 0 spiro atoms. The number of ether oxygens (including phenoxy) is 6. The van der Waals surface area contributed by atoms with Crippen molar-refractivity contribution in [2.75, 3.05) is 79.3 Å². The summed E-state index contributed by atoms with van der Waals surface area (Å²) < 4.78 is 61.0. The van der Waals surface area contributed by atoms with E-state index < -0.39 is 15.0 Å². The molecule has 0 saturated carbocycles. The fourth-order valence-electron chi connectivity index (χ4n) is 2.72. The van der Waals surface area contributed by atoms with E-state index in [0.29, 0.717) is 71.8 Å². The van der Waals surface area contributed by atoms with Gasteiger partial charge in [0.05, 0.1) is 82.5 Å². The third-order valence-corrected chi connectivity index (χ3v) is 5.86. The molecule has 0 aliphatic carbocycles. The summed E-state index contributed by atoms with van der Waals surface area (Å²) >= 11 is 0. The van der Waals surface area contributed by atoms with Crippen molar-refractivity contribution in [3.05, 3.63) is 64.7 Å². The zero-order chi connectivity index (χ0) is 26.6. The van der Waals surface area contributed by atoms with Crippen molar-refractivity contribution in [3.8, 4) is 5.75 Å². The third-order valence-electron chi connectivity index (χ3n) is 4.53. The molecule has 12 nitrogen and oxygen atoms in total. The van der Waals surface area contributed by atoms with E-state index in [1.165, 1.54) is 24.3 Å². The Kier molecular flexibility index (Phi) is 15.3. The molecule has 0 aliphatic heterocycles. The lowest BCUT2D eigenvalue weighted by Gasteiger charge is -2.09. The molecule has 0 fully saturated rings. The van der Waals surface area contributed by atoms with Crippen LogP contribution >= 0.6 is 0 Å². The van der Waals surface area contributed by atoms with E-state index in [-0.39, 0.29) is 23.8 Å². The molecule has 0 unspecified atom stereocenters. The molecule has 0 heterocycles. The van der Waals surface area contributed by atoms with Gasteiger partial charge in [-0.15, -0.1) is 0 Å². The van der Waals surface area contributed by atoms with Crippen LogP contribution in [0.2, 0.25) is 0 Å². The molecule has 2 aromatic carbocycles. The monoisotopic (exact) mass is 543 g/mol. The van der Waals surface area contributed by atoms with Gasteiger partial charge in [-0.2, -0.15) is 8.42 Å². The van der Waals surface area contributed by atoms with Gasteiger partial charge in [-0.1, -0.05) is 18.2 Å². The van der Waals surface area contributed by atoms with Crippen molar-refractivity contribution < 1.29 is 45.9 Å². The lowest BCUT2D eigenvalue weighted by molar-refractivity contribution is -0.384. The molecule has 2 aromatic rings. The number of hydrogen-bond acceptors (Lipinski definition) is 11. The number of non-ortho nitro benzene ring substituents is 1. The van der Waals surface area contributed by atoms with Gasteiger partial charge in [0.25, 0.3) is 15.8 Å². The molecular formula is C24H33NO11S. The molecule has 0 bridgehead atoms. The first-order valence-corrected chi connectivity index (χ1v) is 13.1. The SMILES string of the molecule is O=[N+]([O-])c1ccc(OCCOCCOCCOCCOCCOCCOS(=O)(=O)c2ccccc2)cc1. The fraction of sp³-hybridized carbons (Fsp3) is 0.500. The Morgan fingerprint density at radius 3 is 1.49 bits per heavy atom. The number of nitrogens with zero attached hydrogens (tertiary/aromatic N) is 1. The third kappa shape index (κ3) is 14.0. The van der Waals surface area contributed by atoms with E-state index in [1.807, 2.05) is 0 Å². The normalized spacial score (nSPS) is 11.5. The molecule has 206 valence electrons. The Balaban J connectivity index is 1.28. The highest BCUT2D eigenvalue weighted by atomic mass is 32.2. The van der Waals surface area contributed by atoms with Gasteiger partial charge in [-0.25, -0.2) is 0 Å². The zero-order valence-electron chi connectivity index (χ0n) is 20.5. The number of benzene rings is 2. The minimum absolute atomic E-state index is 0.0154. The van der Waals surface area contributed by atoms with Gasteiger partial charge >= 0.3 is 0 Å². The van der Waals surface area contributed by atoms with Gasteiger partial charge < -0.3 is 28.4 Å². The summed E-state index contributed by atoms with van der Waals surface area (Å²) in [5.74, 6) is 0.542. The number of rotatable bonds is 22. The average Bonchev–Trinajstić information content (AvgIpc) is 2.90. The van der Waals surface area contributed by atoms with Crippen molar-refractivity contribution in [1.29, 1.82) is 0 Å². The molecule has 0 radical (unpaired) electrons. The summed E-state index contributed by atoms with van der Waals surface area (Å²) in [5, 5.41) is 10.6. The summed E-state index contributed by atoms with van der Waals surface area (Å²) in [4.78, 5) is 10.2. The Labute approximate surface area is 216 Å². The summed E-state index contributed by atoms with van der Waals surface area (Å²) in [7, 11) is -3.76. The van der Waals surface area contributed by atoms with E-state index >= 15 is 0 Å². The maximum Gasteiger partial charge on any atom is 0.297 e. The molecule has 13 heteroatoms. The van der Waals surface area contributed by atoms with Gasteiger partial charge in [0.15, 0.2) is 0 Å². The van der Waals surface area contributed by atoms with Crippen molar-refractivity contribution in [2.24, 2.45) is 0 Å². The van der Waals surface area contributed by atoms with Crippen LogP contribution in [0.25, 0.3) is 0 Å². The highest BCUT2D eigenvalue weighted by Crippen LogP contribution is 2.17. The standard InChI is InChI=1S/C24H33NO11S/c26-25(27)22-6-8-23(9-7-22)35-20-18-33-16-14-31-12-10-30-11-13-32-15-17-34-19-21-36-37(28,29)24-4-2-1-3-5-24/h1-9H,10-21H2. The largest absolute Gasteiger partial charge is 0.491 e. The molecule has 0 atom stereocenters. The fourth-order valence-corrected chi connectivity index (χ4v) is 3.64. The zero-order valence-corrected chi connectivity index (χ0v) is 21.3. The maximum absolute atomic E-state index is 11.9. The number of nitro benzene ring substituents is 1. The first kappa shape index (κ1) is 30.6. The molecule has 0 amide bonds. The van der Waals surface area contributed by atoms with Crippen LogP contribution in [-0.2, 0) is 38.0 Å². The van der Waals surface area contributed by atoms with Crippen molar-refractivity contribution >= 4 is 15.8 Å². The second-order valence-corrected chi connectivity index (χ2v) is 8.87. The number of nitro groups is 1. The predicted octanol–water partition coefficient (Wildman–Crippen LogP) is 2.46. The van der Waals surface area contributed by atoms with Crippen molar-refractivity contribution in [3.63, 3.8) is 0 Å². The summed E-state index contributed by atoms with van der Waals surface area (Å²) in [5.41, 5.74) is 0.0154. The van der Waals surface area contributed by atoms with E-state index in [9.17, 15) is 18.5 Å². The Morgan fingerprint density at radius 2 is 1.03 bits per heavy atom. The van der Waals surface area contributed by atoms with Crippen LogP contribution in [0.1, 0.15) is 0 Å². The van der Waals surface area contributed by atoms with Crippen LogP contribution < -0.4 is 4.74 Å². The molecule has 0 aliphatic rings. The smallest absolute Gasteiger partial charge is 0.297 e. The topological polar surface area (TPSA) is 142 Å². The number of hydrogen-bond donors (Lipinski definition) is 0. The Hall–Kier alpha value is -2.65. The van der Waals surface area contributed by atoms with E-state index in [1.54, 1.807) is 30.3 Å². The Bertz CT molecular complexity index is 972. The van der Waals surface area contributed by atoms with Crippen LogP contribution in [0, 0.1) is 10.1 Å². The van der Waals surface area contributed by atoms with Crippen LogP contribution in [0.5, 0.6) is 5.75 Å². The average molecular weight is 544 g/mol. The van der Waals surface area contributed by atoms with Gasteiger partial charge in [0.2, 0.25) is 0 Å². The van der Waals surface area contributed by atoms with Gasteiger partial charge in [-0.05, 0) is 24.3 Å². The minimum atomic E-state index is -3.76. The summed E-state index contributed by atoms with van der Waals surface area (Å²) in [6.45, 7) is 3.95. The van der Waals surface area contributed by atoms with Gasteiger partial charge in [-0.3, -0.25) is 14.3 Å². The lowest BCUT2D eigenvalue weighted by Crippen LogP contribution is -2.15. The van der Waals surface area contributed by atoms with Crippen molar-refractivity contribution in [1.82, 2.24) is 0 Å². The Morgan fingerprint density at radius 1 is 0.595 bits per heavy atom. The van der Waals surface area contributed by atoms with Gasteiger partial charge in [0.1, 0.15) is 12.4 Å². The van der Waals surface area contributed by atoms with Crippen LogP contribution in [0.4, 0.5) is 5.69 Å². The first-order chi connectivity index (χ1) is 18.0. The van der Waals surface area contributed by atoms with Crippen LogP contribution in [-0.4, -0.2) is 92.6 Å². The van der Waals surface area contributed by atoms with E-state index in [0.717, 1.165) is 0 Å². The van der Waals surface area contributed by atoms with E-state index in [4.69, 9.17) is 32.6 Å². The van der Waals surface area contributed by atoms with Crippen LogP contribution in [0.15, 0.2) is 59.5 Å². The maximum atomic E-state index is 11.9. The lowest BCUT2D eigenvalue weighted by atomic mass is 10.3. The minimum Gasteiger partial charge on any atom is -0.491 e. The summed E-state index contributed by atoms with van der Waals surface area (Å²) in [6, 6.07) is 13.8. The van der Waals surface area contributed by atoms with E-state index in [2.05, 4.69) is 0 Å². The van der Waals surface area contributed by atoms with Crippen molar-refractivity contribution in [2.45, 2.75) is 4.90 Å². The first-order valence-electron chi connectivity index (χ1n) is 11.7. The molecule has 37 heavy (non-hydrogen) atoms. The van der Waals surface area contributed by atoms with Gasteiger partial charge in [0, 0.05) is 12.1 Å². The molecule has 2 rings (SSSR count). The summed E-state index contributed by atoms with van der Waals surface area (Å²) in [6.07, 6.45) is 0. The predicted molar refractivity (Wildman–Crippen MR) is 132 cm³/mol. The quantitative estimate of drug-likeness (QED) is 0.0935. The molecular weight excluding hydrogens is 510 g/mol. The highest BCUT2D eigenvalue weighted by molar-refractivity contribution is 7.86. The van der Waals surface area contributed by atoms with Crippen LogP contribution in [0.3, 0.4) is 0 Å². The molecule has 0 saturated heterocycles. The highest BCUT2D eigenvalue weighted by Gasteiger charge is 2.13. The molecule has 0 aromatic heterocycles. The second kappa shape index (κ2) is 18.6. The second-order valence-electron chi connectivity index (χ2n) is 7.25. The molecule has 0 N–H and O–H groups in total.